The topological polar surface area (TPSA) is 35.6 Å². The van der Waals surface area contributed by atoms with E-state index >= 15 is 0 Å². The number of rotatable bonds is 5. The van der Waals surface area contributed by atoms with E-state index in [1.807, 2.05) is 24.3 Å². The first kappa shape index (κ1) is 28.7. The predicted molar refractivity (Wildman–Crippen MR) is 207 cm³/mol. The third kappa shape index (κ3) is 4.67. The Kier molecular flexibility index (Phi) is 6.73. The van der Waals surface area contributed by atoms with Crippen LogP contribution in [0.5, 0.6) is 0 Å². The molecule has 3 heterocycles. The number of aryl methyl sites for hydroxylation is 1. The minimum Gasteiger partial charge on any atom is -0.310 e. The molecule has 0 bridgehead atoms. The molecular weight excluding hydrogens is 609 g/mol. The Morgan fingerprint density at radius 3 is 2.04 bits per heavy atom. The molecule has 0 saturated carbocycles. The van der Waals surface area contributed by atoms with Crippen LogP contribution in [0.1, 0.15) is 36.1 Å². The number of fused-ring (bicyclic) bond motifs is 6. The number of hydrogen-bond donors (Lipinski definition) is 0. The maximum Gasteiger partial charge on any atom is 0.162 e. The summed E-state index contributed by atoms with van der Waals surface area (Å²) in [6, 6.07) is 49.5. The maximum atomic E-state index is 5.23. The normalized spacial score (nSPS) is 13.7. The van der Waals surface area contributed by atoms with Crippen molar-refractivity contribution >= 4 is 45.6 Å². The van der Waals surface area contributed by atoms with Gasteiger partial charge in [0.2, 0.25) is 0 Å². The van der Waals surface area contributed by atoms with E-state index in [2.05, 4.69) is 143 Å². The van der Waals surface area contributed by atoms with Crippen LogP contribution in [0.15, 0.2) is 140 Å². The van der Waals surface area contributed by atoms with Gasteiger partial charge in [0.05, 0.1) is 27.8 Å². The summed E-state index contributed by atoms with van der Waals surface area (Å²) >= 11 is 0. The van der Waals surface area contributed by atoms with E-state index in [0.717, 1.165) is 54.1 Å². The lowest BCUT2D eigenvalue weighted by atomic mass is 9.90. The Morgan fingerprint density at radius 1 is 0.520 bits per heavy atom. The highest BCUT2D eigenvalue weighted by Gasteiger charge is 2.23. The van der Waals surface area contributed by atoms with Gasteiger partial charge in [-0.3, -0.25) is 4.57 Å². The molecule has 2 aliphatic rings. The van der Waals surface area contributed by atoms with Gasteiger partial charge in [0, 0.05) is 38.9 Å². The summed E-state index contributed by atoms with van der Waals surface area (Å²) in [5, 5.41) is 5.13. The fraction of sp³-hybridized carbons (Fsp3) is 0.0870. The number of hydrogen-bond acceptors (Lipinski definition) is 2. The van der Waals surface area contributed by atoms with Crippen LogP contribution in [0.25, 0.3) is 79.8 Å². The van der Waals surface area contributed by atoms with Gasteiger partial charge in [-0.25, -0.2) is 9.97 Å². The van der Waals surface area contributed by atoms with Crippen molar-refractivity contribution in [1.29, 1.82) is 0 Å². The van der Waals surface area contributed by atoms with E-state index in [1.165, 1.54) is 60.5 Å². The molecule has 2 aliphatic carbocycles. The van der Waals surface area contributed by atoms with Gasteiger partial charge in [0.15, 0.2) is 5.82 Å². The van der Waals surface area contributed by atoms with E-state index in [1.54, 1.807) is 0 Å². The number of benzene rings is 5. The van der Waals surface area contributed by atoms with Gasteiger partial charge < -0.3 is 4.57 Å². The molecule has 0 N–H and O–H groups in total. The highest BCUT2D eigenvalue weighted by molar-refractivity contribution is 5.97. The van der Waals surface area contributed by atoms with Crippen molar-refractivity contribution < 1.29 is 0 Å². The molecule has 0 unspecified atom stereocenters. The zero-order valence-corrected chi connectivity index (χ0v) is 27.6. The quantitative estimate of drug-likeness (QED) is 0.188. The number of allylic oxidation sites excluding steroid dienone is 1. The summed E-state index contributed by atoms with van der Waals surface area (Å²) in [7, 11) is 0. The fourth-order valence-electron chi connectivity index (χ4n) is 7.99. The van der Waals surface area contributed by atoms with Gasteiger partial charge in [0.25, 0.3) is 0 Å². The summed E-state index contributed by atoms with van der Waals surface area (Å²) in [6.45, 7) is 0. The van der Waals surface area contributed by atoms with Crippen LogP contribution in [0, 0.1) is 0 Å². The second-order valence-corrected chi connectivity index (χ2v) is 13.2. The monoisotopic (exact) mass is 642 g/mol. The molecule has 4 heteroatoms. The van der Waals surface area contributed by atoms with E-state index < -0.39 is 0 Å². The van der Waals surface area contributed by atoms with Gasteiger partial charge in [0.1, 0.15) is 5.82 Å². The van der Waals surface area contributed by atoms with Crippen molar-refractivity contribution in [3.05, 3.63) is 167 Å². The molecule has 0 amide bonds. The Bertz CT molecular complexity index is 2680. The largest absolute Gasteiger partial charge is 0.310 e. The number of para-hydroxylation sites is 2. The third-order valence-electron chi connectivity index (χ3n) is 10.3. The molecule has 0 fully saturated rings. The summed E-state index contributed by atoms with van der Waals surface area (Å²) in [4.78, 5) is 10.3. The average molecular weight is 643 g/mol. The first-order valence-corrected chi connectivity index (χ1v) is 17.5. The Balaban J connectivity index is 1.16. The van der Waals surface area contributed by atoms with Crippen molar-refractivity contribution in [3.63, 3.8) is 0 Å². The minimum absolute atomic E-state index is 0.728. The molecule has 50 heavy (non-hydrogen) atoms. The van der Waals surface area contributed by atoms with Gasteiger partial charge in [-0.05, 0) is 78.8 Å². The SMILES string of the molecule is C1=C(c2ccc3c(c2)c2c(n3-c3cc(-c4ccccc4)nc(-c4ccccc4)n3)=CCCC=2)CCc2c1n(-c1ccccc1)c1ccccc21. The molecule has 238 valence electrons. The predicted octanol–water partition coefficient (Wildman–Crippen LogP) is 9.54. The van der Waals surface area contributed by atoms with Gasteiger partial charge in [-0.2, -0.15) is 0 Å². The van der Waals surface area contributed by atoms with Crippen molar-refractivity contribution in [1.82, 2.24) is 19.1 Å². The lowest BCUT2D eigenvalue weighted by Gasteiger charge is -2.17. The van der Waals surface area contributed by atoms with Crippen molar-refractivity contribution in [2.75, 3.05) is 0 Å². The average Bonchev–Trinajstić information content (AvgIpc) is 3.71. The number of aromatic nitrogens is 4. The standard InChI is InChI=1S/C46H34N4/c1-4-14-31(15-5-1)40-30-45(48-46(47-40)32-16-6-2-7-17-32)50-42-23-13-11-21-37(42)39-28-33(25-27-43(39)50)34-24-26-38-36-20-10-12-22-41(36)49(44(38)29-34)35-18-8-3-9-19-35/h1-10,12,14-23,25,27-30H,11,13,24,26H2. The third-order valence-corrected chi connectivity index (χ3v) is 10.3. The van der Waals surface area contributed by atoms with Crippen molar-refractivity contribution in [3.8, 4) is 34.2 Å². The molecule has 4 nitrogen and oxygen atoms in total. The lowest BCUT2D eigenvalue weighted by molar-refractivity contribution is 0.967. The summed E-state index contributed by atoms with van der Waals surface area (Å²) in [5.41, 5.74) is 12.0. The highest BCUT2D eigenvalue weighted by atomic mass is 15.1. The summed E-state index contributed by atoms with van der Waals surface area (Å²) in [6.07, 6.45) is 11.3. The zero-order chi connectivity index (χ0) is 33.0. The molecule has 0 atom stereocenters. The molecule has 0 spiro atoms. The van der Waals surface area contributed by atoms with E-state index in [4.69, 9.17) is 9.97 Å². The number of nitrogens with zero attached hydrogens (tertiary/aromatic N) is 4. The van der Waals surface area contributed by atoms with Crippen LogP contribution in [0.3, 0.4) is 0 Å². The Morgan fingerprint density at radius 2 is 1.22 bits per heavy atom. The van der Waals surface area contributed by atoms with Crippen LogP contribution in [-0.2, 0) is 6.42 Å². The van der Waals surface area contributed by atoms with Gasteiger partial charge >= 0.3 is 0 Å². The molecule has 5 aromatic carbocycles. The van der Waals surface area contributed by atoms with Gasteiger partial charge in [-0.15, -0.1) is 0 Å². The molecular formula is C46H34N4. The van der Waals surface area contributed by atoms with Crippen LogP contribution < -0.4 is 10.6 Å². The summed E-state index contributed by atoms with van der Waals surface area (Å²) < 4.78 is 4.79. The van der Waals surface area contributed by atoms with Crippen molar-refractivity contribution in [2.24, 2.45) is 0 Å². The maximum absolute atomic E-state index is 5.23. The lowest BCUT2D eigenvalue weighted by Crippen LogP contribution is -2.30. The van der Waals surface area contributed by atoms with Gasteiger partial charge in [-0.1, -0.05) is 115 Å². The van der Waals surface area contributed by atoms with E-state index in [0.29, 0.717) is 0 Å². The second kappa shape index (κ2) is 11.7. The van der Waals surface area contributed by atoms with E-state index in [9.17, 15) is 0 Å². The first-order valence-electron chi connectivity index (χ1n) is 17.5. The molecule has 0 aliphatic heterocycles. The van der Waals surface area contributed by atoms with Crippen LogP contribution in [-0.4, -0.2) is 19.1 Å². The van der Waals surface area contributed by atoms with Crippen LogP contribution >= 0.6 is 0 Å². The smallest absolute Gasteiger partial charge is 0.162 e. The molecule has 0 radical (unpaired) electrons. The Hall–Kier alpha value is -6.26. The van der Waals surface area contributed by atoms with Crippen LogP contribution in [0.4, 0.5) is 0 Å². The van der Waals surface area contributed by atoms with E-state index in [-0.39, 0.29) is 0 Å². The molecule has 10 rings (SSSR count). The van der Waals surface area contributed by atoms with Crippen molar-refractivity contribution in [2.45, 2.75) is 25.7 Å². The fourth-order valence-corrected chi connectivity index (χ4v) is 7.99. The minimum atomic E-state index is 0.728. The summed E-state index contributed by atoms with van der Waals surface area (Å²) in [5.74, 6) is 1.61. The first-order chi connectivity index (χ1) is 24.8. The van der Waals surface area contributed by atoms with Crippen LogP contribution in [0.2, 0.25) is 0 Å². The molecule has 0 saturated heterocycles. The molecule has 3 aromatic heterocycles. The second-order valence-electron chi connectivity index (χ2n) is 13.2. The Labute approximate surface area is 290 Å². The highest BCUT2D eigenvalue weighted by Crippen LogP contribution is 2.39. The molecule has 8 aromatic rings. The zero-order valence-electron chi connectivity index (χ0n) is 27.6.